The average molecular weight is 498 g/mol. The highest BCUT2D eigenvalue weighted by molar-refractivity contribution is 7.89. The third-order valence-electron chi connectivity index (χ3n) is 5.42. The lowest BCUT2D eigenvalue weighted by Gasteiger charge is -2.31. The molecule has 4 rings (SSSR count). The number of fused-ring (bicyclic) bond motifs is 1. The van der Waals surface area contributed by atoms with E-state index in [0.717, 1.165) is 5.56 Å². The Morgan fingerprint density at radius 2 is 2.00 bits per heavy atom. The van der Waals surface area contributed by atoms with Gasteiger partial charge >= 0.3 is 0 Å². The number of ether oxygens (including phenoxy) is 1. The minimum absolute atomic E-state index is 0.0165. The van der Waals surface area contributed by atoms with Gasteiger partial charge in [0.25, 0.3) is 5.91 Å². The second-order valence-electron chi connectivity index (χ2n) is 7.79. The summed E-state index contributed by atoms with van der Waals surface area (Å²) >= 11 is 12.4. The number of anilines is 2. The quantitative estimate of drug-likeness (QED) is 0.670. The first kappa shape index (κ1) is 22.8. The van der Waals surface area contributed by atoms with Gasteiger partial charge in [0.1, 0.15) is 10.6 Å². The van der Waals surface area contributed by atoms with Crippen LogP contribution in [-0.4, -0.2) is 44.2 Å². The Morgan fingerprint density at radius 1 is 1.22 bits per heavy atom. The minimum Gasteiger partial charge on any atom is -0.482 e. The molecule has 1 atom stereocenters. The van der Waals surface area contributed by atoms with Crippen molar-refractivity contribution in [2.75, 3.05) is 30.3 Å². The first-order valence-electron chi connectivity index (χ1n) is 9.98. The minimum atomic E-state index is -3.99. The van der Waals surface area contributed by atoms with Crippen LogP contribution in [0.2, 0.25) is 10.0 Å². The Kier molecular flexibility index (Phi) is 6.35. The number of nitrogens with one attached hydrogen (secondary N) is 2. The molecule has 0 radical (unpaired) electrons. The molecule has 1 saturated heterocycles. The van der Waals surface area contributed by atoms with Gasteiger partial charge in [-0.05, 0) is 43.5 Å². The standard InChI is InChI=1S/C21H21Cl2N3O5S/c1-12-4-5-16(14(22)7-12)25-21(28)13-3-2-6-26(10-13)32(29,30)19-9-18-17(8-15(19)23)24-20(27)11-31-18/h4-5,7-9,13H,2-3,6,10-11H2,1H3,(H,24,27)(H,25,28). The number of sulfonamides is 1. The molecule has 32 heavy (non-hydrogen) atoms. The number of carbonyl (C=O) groups excluding carboxylic acids is 2. The Bertz CT molecular complexity index is 1200. The van der Waals surface area contributed by atoms with Crippen molar-refractivity contribution in [3.8, 4) is 5.75 Å². The van der Waals surface area contributed by atoms with Crippen molar-refractivity contribution in [3.05, 3.63) is 45.9 Å². The van der Waals surface area contributed by atoms with E-state index in [9.17, 15) is 18.0 Å². The van der Waals surface area contributed by atoms with Crippen LogP contribution in [0.5, 0.6) is 5.75 Å². The maximum atomic E-state index is 13.3. The average Bonchev–Trinajstić information content (AvgIpc) is 2.75. The Balaban J connectivity index is 1.53. The summed E-state index contributed by atoms with van der Waals surface area (Å²) in [5, 5.41) is 5.78. The molecule has 0 bridgehead atoms. The van der Waals surface area contributed by atoms with Crippen LogP contribution in [0.1, 0.15) is 18.4 Å². The highest BCUT2D eigenvalue weighted by Gasteiger charge is 2.35. The zero-order valence-electron chi connectivity index (χ0n) is 17.2. The largest absolute Gasteiger partial charge is 0.482 e. The van der Waals surface area contributed by atoms with Gasteiger partial charge in [-0.1, -0.05) is 29.3 Å². The van der Waals surface area contributed by atoms with Crippen molar-refractivity contribution in [2.45, 2.75) is 24.7 Å². The molecule has 2 aromatic rings. The van der Waals surface area contributed by atoms with E-state index in [-0.39, 0.29) is 47.2 Å². The summed E-state index contributed by atoms with van der Waals surface area (Å²) in [6.07, 6.45) is 1.07. The van der Waals surface area contributed by atoms with E-state index >= 15 is 0 Å². The number of aryl methyl sites for hydroxylation is 1. The lowest BCUT2D eigenvalue weighted by molar-refractivity contribution is -0.121. The van der Waals surface area contributed by atoms with E-state index in [0.29, 0.717) is 29.2 Å². The van der Waals surface area contributed by atoms with Crippen molar-refractivity contribution in [1.29, 1.82) is 0 Å². The predicted octanol–water partition coefficient (Wildman–Crippen LogP) is 3.67. The van der Waals surface area contributed by atoms with E-state index in [1.165, 1.54) is 16.4 Å². The zero-order chi connectivity index (χ0) is 23.0. The fourth-order valence-corrected chi connectivity index (χ4v) is 6.07. The first-order valence-corrected chi connectivity index (χ1v) is 12.2. The molecule has 2 amide bonds. The summed E-state index contributed by atoms with van der Waals surface area (Å²) in [4.78, 5) is 24.2. The van der Waals surface area contributed by atoms with Crippen molar-refractivity contribution in [2.24, 2.45) is 5.92 Å². The topological polar surface area (TPSA) is 105 Å². The van der Waals surface area contributed by atoms with E-state index < -0.39 is 15.9 Å². The van der Waals surface area contributed by atoms with Crippen molar-refractivity contribution >= 4 is 56.4 Å². The van der Waals surface area contributed by atoms with Gasteiger partial charge in [-0.25, -0.2) is 8.42 Å². The van der Waals surface area contributed by atoms with Gasteiger partial charge in [-0.2, -0.15) is 4.31 Å². The molecule has 8 nitrogen and oxygen atoms in total. The molecule has 0 aromatic heterocycles. The zero-order valence-corrected chi connectivity index (χ0v) is 19.5. The summed E-state index contributed by atoms with van der Waals surface area (Å²) in [6.45, 7) is 1.97. The van der Waals surface area contributed by atoms with Crippen LogP contribution in [0.3, 0.4) is 0 Å². The van der Waals surface area contributed by atoms with Crippen LogP contribution in [0, 0.1) is 12.8 Å². The number of halogens is 2. The van der Waals surface area contributed by atoms with Gasteiger partial charge in [0, 0.05) is 19.2 Å². The summed E-state index contributed by atoms with van der Waals surface area (Å²) in [6, 6.07) is 7.97. The van der Waals surface area contributed by atoms with E-state index in [1.54, 1.807) is 12.1 Å². The first-order chi connectivity index (χ1) is 15.1. The van der Waals surface area contributed by atoms with E-state index in [4.69, 9.17) is 27.9 Å². The smallest absolute Gasteiger partial charge is 0.262 e. The molecule has 1 fully saturated rings. The predicted molar refractivity (Wildman–Crippen MR) is 122 cm³/mol. The molecular weight excluding hydrogens is 477 g/mol. The number of nitrogens with zero attached hydrogens (tertiary/aromatic N) is 1. The van der Waals surface area contributed by atoms with Crippen molar-refractivity contribution in [3.63, 3.8) is 0 Å². The molecule has 0 aliphatic carbocycles. The molecule has 2 aromatic carbocycles. The van der Waals surface area contributed by atoms with Crippen LogP contribution >= 0.6 is 23.2 Å². The summed E-state index contributed by atoms with van der Waals surface area (Å²) in [7, 11) is -3.99. The number of benzene rings is 2. The summed E-state index contributed by atoms with van der Waals surface area (Å²) in [5.74, 6) is -0.947. The van der Waals surface area contributed by atoms with Gasteiger partial charge < -0.3 is 15.4 Å². The van der Waals surface area contributed by atoms with Crippen molar-refractivity contribution in [1.82, 2.24) is 4.31 Å². The Hall–Kier alpha value is -2.33. The van der Waals surface area contributed by atoms with Crippen LogP contribution < -0.4 is 15.4 Å². The molecule has 170 valence electrons. The highest BCUT2D eigenvalue weighted by Crippen LogP contribution is 2.37. The van der Waals surface area contributed by atoms with Crippen LogP contribution in [0.4, 0.5) is 11.4 Å². The number of piperidine rings is 1. The molecule has 2 heterocycles. The Morgan fingerprint density at radius 3 is 2.75 bits per heavy atom. The fraction of sp³-hybridized carbons (Fsp3) is 0.333. The monoisotopic (exact) mass is 497 g/mol. The maximum Gasteiger partial charge on any atom is 0.262 e. The van der Waals surface area contributed by atoms with Crippen LogP contribution in [0.25, 0.3) is 0 Å². The molecule has 1 unspecified atom stereocenters. The van der Waals surface area contributed by atoms with Crippen molar-refractivity contribution < 1.29 is 22.7 Å². The van der Waals surface area contributed by atoms with Crippen LogP contribution in [0.15, 0.2) is 35.2 Å². The van der Waals surface area contributed by atoms with E-state index in [2.05, 4.69) is 10.6 Å². The number of amides is 2. The highest BCUT2D eigenvalue weighted by atomic mass is 35.5. The summed E-state index contributed by atoms with van der Waals surface area (Å²) < 4.78 is 33.2. The third-order valence-corrected chi connectivity index (χ3v) is 8.06. The van der Waals surface area contributed by atoms with Gasteiger partial charge in [-0.3, -0.25) is 9.59 Å². The molecule has 2 N–H and O–H groups in total. The molecule has 2 aliphatic rings. The second-order valence-corrected chi connectivity index (χ2v) is 10.5. The second kappa shape index (κ2) is 8.90. The molecule has 11 heteroatoms. The number of rotatable bonds is 4. The lowest BCUT2D eigenvalue weighted by Crippen LogP contribution is -2.43. The van der Waals surface area contributed by atoms with Gasteiger partial charge in [0.15, 0.2) is 6.61 Å². The molecule has 0 saturated carbocycles. The van der Waals surface area contributed by atoms with Gasteiger partial charge in [-0.15, -0.1) is 0 Å². The summed E-state index contributed by atoms with van der Waals surface area (Å²) in [5.41, 5.74) is 1.77. The number of carbonyl (C=O) groups is 2. The van der Waals surface area contributed by atoms with Gasteiger partial charge in [0.05, 0.1) is 27.3 Å². The third kappa shape index (κ3) is 4.56. The van der Waals surface area contributed by atoms with Gasteiger partial charge in [0.2, 0.25) is 15.9 Å². The normalized spacial score (nSPS) is 19.0. The van der Waals surface area contributed by atoms with E-state index in [1.807, 2.05) is 13.0 Å². The molecule has 0 spiro atoms. The van der Waals surface area contributed by atoms with Crippen LogP contribution in [-0.2, 0) is 19.6 Å². The number of hydrogen-bond acceptors (Lipinski definition) is 5. The molecular formula is C21H21Cl2N3O5S. The number of hydrogen-bond donors (Lipinski definition) is 2. The Labute approximate surface area is 195 Å². The fourth-order valence-electron chi connectivity index (χ4n) is 3.75. The maximum absolute atomic E-state index is 13.3. The lowest BCUT2D eigenvalue weighted by atomic mass is 9.98. The SMILES string of the molecule is Cc1ccc(NC(=O)C2CCCN(S(=O)(=O)c3cc4c(cc3Cl)NC(=O)CO4)C2)c(Cl)c1. The molecule has 2 aliphatic heterocycles.